The summed E-state index contributed by atoms with van der Waals surface area (Å²) in [6.07, 6.45) is 0. The average Bonchev–Trinajstić information content (AvgIpc) is 2.27. The largest absolute Gasteiger partial charge is 0.355 e. The molecule has 0 fully saturated rings. The van der Waals surface area contributed by atoms with Crippen LogP contribution in [-0.4, -0.2) is 0 Å². The Labute approximate surface area is 110 Å². The smallest absolute Gasteiger partial charge is 0.125 e. The Morgan fingerprint density at radius 1 is 1.17 bits per heavy atom. The number of anilines is 2. The van der Waals surface area contributed by atoms with Crippen LogP contribution < -0.4 is 5.32 Å². The molecule has 0 amide bonds. The van der Waals surface area contributed by atoms with Gasteiger partial charge in [-0.05, 0) is 48.9 Å². The molecular weight excluding hydrogens is 251 g/mol. The lowest BCUT2D eigenvalue weighted by Gasteiger charge is -2.08. The van der Waals surface area contributed by atoms with Crippen molar-refractivity contribution in [2.45, 2.75) is 6.92 Å². The molecule has 0 spiro atoms. The van der Waals surface area contributed by atoms with E-state index in [0.29, 0.717) is 22.0 Å². The van der Waals surface area contributed by atoms with E-state index in [4.69, 9.17) is 16.9 Å². The van der Waals surface area contributed by atoms with E-state index >= 15 is 0 Å². The summed E-state index contributed by atoms with van der Waals surface area (Å²) in [6, 6.07) is 11.7. The van der Waals surface area contributed by atoms with E-state index in [1.807, 2.05) is 19.1 Å². The summed E-state index contributed by atoms with van der Waals surface area (Å²) >= 11 is 5.92. The van der Waals surface area contributed by atoms with Crippen LogP contribution in [0.2, 0.25) is 5.02 Å². The molecule has 0 bridgehead atoms. The molecule has 18 heavy (non-hydrogen) atoms. The maximum Gasteiger partial charge on any atom is 0.125 e. The maximum atomic E-state index is 13.2. The third-order valence-electron chi connectivity index (χ3n) is 2.42. The quantitative estimate of drug-likeness (QED) is 0.869. The number of nitriles is 1. The normalized spacial score (nSPS) is 9.89. The van der Waals surface area contributed by atoms with Crippen molar-refractivity contribution in [3.05, 3.63) is 58.4 Å². The van der Waals surface area contributed by atoms with Crippen molar-refractivity contribution < 1.29 is 4.39 Å². The molecule has 0 aliphatic rings. The number of hydrogen-bond donors (Lipinski definition) is 1. The minimum absolute atomic E-state index is 0.294. The molecule has 0 saturated carbocycles. The first-order chi connectivity index (χ1) is 8.58. The maximum absolute atomic E-state index is 13.2. The number of nitrogens with one attached hydrogen (secondary N) is 1. The van der Waals surface area contributed by atoms with Crippen molar-refractivity contribution in [1.29, 1.82) is 5.26 Å². The van der Waals surface area contributed by atoms with Crippen molar-refractivity contribution in [1.82, 2.24) is 0 Å². The third-order valence-corrected chi connectivity index (χ3v) is 2.73. The minimum Gasteiger partial charge on any atom is -0.355 e. The van der Waals surface area contributed by atoms with E-state index in [-0.39, 0.29) is 5.82 Å². The van der Waals surface area contributed by atoms with E-state index < -0.39 is 0 Å². The molecule has 2 nitrogen and oxygen atoms in total. The van der Waals surface area contributed by atoms with Gasteiger partial charge >= 0.3 is 0 Å². The van der Waals surface area contributed by atoms with Gasteiger partial charge in [0.1, 0.15) is 11.9 Å². The zero-order valence-electron chi connectivity index (χ0n) is 9.67. The zero-order valence-corrected chi connectivity index (χ0v) is 10.4. The second kappa shape index (κ2) is 5.07. The molecule has 0 aliphatic heterocycles. The van der Waals surface area contributed by atoms with Crippen LogP contribution in [0, 0.1) is 24.1 Å². The number of hydrogen-bond acceptors (Lipinski definition) is 2. The van der Waals surface area contributed by atoms with Crippen LogP contribution in [-0.2, 0) is 0 Å². The minimum atomic E-state index is -0.294. The van der Waals surface area contributed by atoms with Crippen LogP contribution in [0.1, 0.15) is 11.1 Å². The Morgan fingerprint density at radius 2 is 1.94 bits per heavy atom. The van der Waals surface area contributed by atoms with Crippen molar-refractivity contribution in [2.75, 3.05) is 5.32 Å². The predicted molar refractivity (Wildman–Crippen MR) is 70.6 cm³/mol. The lowest BCUT2D eigenvalue weighted by Crippen LogP contribution is -1.92. The zero-order chi connectivity index (χ0) is 13.1. The first kappa shape index (κ1) is 12.4. The lowest BCUT2D eigenvalue weighted by molar-refractivity contribution is 0.627. The van der Waals surface area contributed by atoms with Crippen LogP contribution in [0.25, 0.3) is 0 Å². The van der Waals surface area contributed by atoms with Crippen LogP contribution >= 0.6 is 11.6 Å². The summed E-state index contributed by atoms with van der Waals surface area (Å²) < 4.78 is 13.2. The van der Waals surface area contributed by atoms with Crippen LogP contribution in [0.3, 0.4) is 0 Å². The van der Waals surface area contributed by atoms with Crippen molar-refractivity contribution in [3.63, 3.8) is 0 Å². The molecule has 0 aliphatic carbocycles. The topological polar surface area (TPSA) is 35.8 Å². The molecule has 1 N–H and O–H groups in total. The highest BCUT2D eigenvalue weighted by molar-refractivity contribution is 6.32. The summed E-state index contributed by atoms with van der Waals surface area (Å²) in [5, 5.41) is 12.2. The Hall–Kier alpha value is -2.05. The predicted octanol–water partition coefficient (Wildman–Crippen LogP) is 4.40. The fourth-order valence-corrected chi connectivity index (χ4v) is 1.88. The molecule has 0 atom stereocenters. The highest BCUT2D eigenvalue weighted by Crippen LogP contribution is 2.24. The molecule has 0 aromatic heterocycles. The number of halogens is 2. The molecule has 0 saturated heterocycles. The van der Waals surface area contributed by atoms with E-state index in [0.717, 1.165) is 5.56 Å². The highest BCUT2D eigenvalue weighted by atomic mass is 35.5. The first-order valence-electron chi connectivity index (χ1n) is 5.32. The fourth-order valence-electron chi connectivity index (χ4n) is 1.66. The summed E-state index contributed by atoms with van der Waals surface area (Å²) in [5.74, 6) is -0.294. The Kier molecular flexibility index (Phi) is 3.50. The molecule has 0 unspecified atom stereocenters. The van der Waals surface area contributed by atoms with Crippen molar-refractivity contribution in [3.8, 4) is 6.07 Å². The molecule has 90 valence electrons. The van der Waals surface area contributed by atoms with Gasteiger partial charge in [0.15, 0.2) is 0 Å². The van der Waals surface area contributed by atoms with Gasteiger partial charge in [0.05, 0.1) is 10.6 Å². The number of rotatable bonds is 2. The van der Waals surface area contributed by atoms with Crippen LogP contribution in [0.15, 0.2) is 36.4 Å². The van der Waals surface area contributed by atoms with Crippen molar-refractivity contribution >= 4 is 23.0 Å². The molecule has 2 rings (SSSR count). The molecule has 4 heteroatoms. The van der Waals surface area contributed by atoms with E-state index in [2.05, 4.69) is 5.32 Å². The monoisotopic (exact) mass is 260 g/mol. The molecule has 2 aromatic rings. The summed E-state index contributed by atoms with van der Waals surface area (Å²) in [5.41, 5.74) is 2.60. The van der Waals surface area contributed by atoms with Gasteiger partial charge in [-0.1, -0.05) is 11.6 Å². The second-order valence-corrected chi connectivity index (χ2v) is 4.36. The van der Waals surface area contributed by atoms with Gasteiger partial charge in [-0.3, -0.25) is 0 Å². The van der Waals surface area contributed by atoms with E-state index in [1.54, 1.807) is 18.2 Å². The standard InChI is InChI=1S/C14H10ClFN2/c1-9-4-11(16)6-13(5-9)18-12-3-2-10(8-17)14(15)7-12/h2-7,18H,1H3. The third kappa shape index (κ3) is 2.79. The Balaban J connectivity index is 2.29. The number of aryl methyl sites for hydroxylation is 1. The summed E-state index contributed by atoms with van der Waals surface area (Å²) in [7, 11) is 0. The first-order valence-corrected chi connectivity index (χ1v) is 5.70. The highest BCUT2D eigenvalue weighted by Gasteiger charge is 2.03. The van der Waals surface area contributed by atoms with Gasteiger partial charge in [-0.15, -0.1) is 0 Å². The number of benzene rings is 2. The van der Waals surface area contributed by atoms with Crippen molar-refractivity contribution in [2.24, 2.45) is 0 Å². The summed E-state index contributed by atoms with van der Waals surface area (Å²) in [6.45, 7) is 1.82. The van der Waals surface area contributed by atoms with Gasteiger partial charge in [-0.25, -0.2) is 4.39 Å². The summed E-state index contributed by atoms with van der Waals surface area (Å²) in [4.78, 5) is 0. The van der Waals surface area contributed by atoms with Gasteiger partial charge in [0.25, 0.3) is 0 Å². The second-order valence-electron chi connectivity index (χ2n) is 3.95. The average molecular weight is 261 g/mol. The van der Waals surface area contributed by atoms with Crippen LogP contribution in [0.4, 0.5) is 15.8 Å². The molecule has 0 heterocycles. The Bertz CT molecular complexity index is 612. The van der Waals surface area contributed by atoms with E-state index in [1.165, 1.54) is 12.1 Å². The molecule has 2 aromatic carbocycles. The fraction of sp³-hybridized carbons (Fsp3) is 0.0714. The molecular formula is C14H10ClFN2. The van der Waals surface area contributed by atoms with E-state index in [9.17, 15) is 4.39 Å². The lowest BCUT2D eigenvalue weighted by atomic mass is 10.2. The van der Waals surface area contributed by atoms with Gasteiger partial charge < -0.3 is 5.32 Å². The molecule has 0 radical (unpaired) electrons. The van der Waals surface area contributed by atoms with Crippen LogP contribution in [0.5, 0.6) is 0 Å². The SMILES string of the molecule is Cc1cc(F)cc(Nc2ccc(C#N)c(Cl)c2)c1. The van der Waals surface area contributed by atoms with Gasteiger partial charge in [-0.2, -0.15) is 5.26 Å². The van der Waals surface area contributed by atoms with Gasteiger partial charge in [0, 0.05) is 11.4 Å². The van der Waals surface area contributed by atoms with Gasteiger partial charge in [0.2, 0.25) is 0 Å². The number of nitrogens with zero attached hydrogens (tertiary/aromatic N) is 1. The Morgan fingerprint density at radius 3 is 2.56 bits per heavy atom.